The van der Waals surface area contributed by atoms with Crippen molar-refractivity contribution >= 4 is 56.0 Å². The molecule has 11 heteroatoms. The van der Waals surface area contributed by atoms with Gasteiger partial charge < -0.3 is 9.47 Å². The van der Waals surface area contributed by atoms with Crippen LogP contribution >= 0.6 is 23.2 Å². The maximum Gasteiger partial charge on any atom is 0.283 e. The van der Waals surface area contributed by atoms with Crippen molar-refractivity contribution in [2.45, 2.75) is 25.3 Å². The molecule has 4 aromatic rings. The molecule has 0 radical (unpaired) electrons. The first-order valence-electron chi connectivity index (χ1n) is 10.6. The molecule has 0 atom stereocenters. The van der Waals surface area contributed by atoms with E-state index in [-0.39, 0.29) is 10.6 Å². The number of hydrogen-bond donors (Lipinski definition) is 1. The number of carbonyl (C=O) groups is 1. The lowest BCUT2D eigenvalue weighted by atomic mass is 10.2. The van der Waals surface area contributed by atoms with Crippen LogP contribution in [0.25, 0.3) is 11.2 Å². The van der Waals surface area contributed by atoms with Crippen LogP contribution in [0, 0.1) is 13.8 Å². The minimum Gasteiger partial charge on any atom is -0.376 e. The molecule has 2 aromatic heterocycles. The molecule has 182 valence electrons. The maximum atomic E-state index is 12.8. The Kier molecular flexibility index (Phi) is 6.77. The molecule has 0 aliphatic carbocycles. The number of aromatic nitrogens is 3. The van der Waals surface area contributed by atoms with E-state index in [1.54, 1.807) is 24.3 Å². The van der Waals surface area contributed by atoms with Crippen LogP contribution in [0.2, 0.25) is 10.0 Å². The second kappa shape index (κ2) is 9.49. The predicted octanol–water partition coefficient (Wildman–Crippen LogP) is 4.59. The van der Waals surface area contributed by atoms with Crippen LogP contribution in [0.1, 0.15) is 27.4 Å². The van der Waals surface area contributed by atoms with Gasteiger partial charge in [0.15, 0.2) is 5.65 Å². The summed E-state index contributed by atoms with van der Waals surface area (Å²) in [6.07, 6.45) is 0. The zero-order chi connectivity index (χ0) is 25.5. The molecule has 2 heterocycles. The summed E-state index contributed by atoms with van der Waals surface area (Å²) in [5.74, 6) is -0.174. The third kappa shape index (κ3) is 5.12. The number of fused-ring (bicyclic) bond motifs is 1. The van der Waals surface area contributed by atoms with Crippen molar-refractivity contribution in [3.63, 3.8) is 0 Å². The van der Waals surface area contributed by atoms with E-state index in [2.05, 4.69) is 14.7 Å². The van der Waals surface area contributed by atoms with Crippen LogP contribution in [0.5, 0.6) is 0 Å². The summed E-state index contributed by atoms with van der Waals surface area (Å²) in [5, 5.41) is 1.02. The molecule has 0 unspecified atom stereocenters. The Balaban J connectivity index is 1.68. The number of nitrogens with one attached hydrogen (secondary N) is 1. The fraction of sp³-hybridized carbons (Fsp3) is 0.208. The van der Waals surface area contributed by atoms with E-state index >= 15 is 0 Å². The highest BCUT2D eigenvalue weighted by Crippen LogP contribution is 2.32. The number of pyridine rings is 1. The van der Waals surface area contributed by atoms with Crippen molar-refractivity contribution in [1.82, 2.24) is 19.3 Å². The average Bonchev–Trinajstić information content (AvgIpc) is 3.09. The van der Waals surface area contributed by atoms with Gasteiger partial charge in [0.1, 0.15) is 17.0 Å². The topological polar surface area (TPSA) is 97.2 Å². The lowest BCUT2D eigenvalue weighted by Crippen LogP contribution is -2.31. The molecule has 1 N–H and O–H groups in total. The van der Waals surface area contributed by atoms with Crippen molar-refractivity contribution in [3.05, 3.63) is 81.2 Å². The lowest BCUT2D eigenvalue weighted by molar-refractivity contribution is 0.0977. The number of aryl methyl sites for hydroxylation is 2. The van der Waals surface area contributed by atoms with Crippen LogP contribution in [-0.2, 0) is 16.6 Å². The van der Waals surface area contributed by atoms with E-state index in [1.165, 1.54) is 18.2 Å². The highest BCUT2D eigenvalue weighted by Gasteiger charge is 2.21. The molecule has 8 nitrogen and oxygen atoms in total. The SMILES string of the molecule is Cc1ccc(S(=O)(=O)NC(=O)c2ccc3nc(C)n(Cc4cc(N(C)C)c(Cl)cc4Cl)c3n2)cc1. The largest absolute Gasteiger partial charge is 0.376 e. The van der Waals surface area contributed by atoms with Gasteiger partial charge in [-0.1, -0.05) is 40.9 Å². The van der Waals surface area contributed by atoms with E-state index in [1.807, 2.05) is 43.5 Å². The van der Waals surface area contributed by atoms with Crippen LogP contribution in [0.3, 0.4) is 0 Å². The number of halogens is 2. The number of anilines is 1. The smallest absolute Gasteiger partial charge is 0.283 e. The molecular weight excluding hydrogens is 509 g/mol. The third-order valence-electron chi connectivity index (χ3n) is 5.50. The monoisotopic (exact) mass is 531 g/mol. The Labute approximate surface area is 213 Å². The normalized spacial score (nSPS) is 11.6. The van der Waals surface area contributed by atoms with Gasteiger partial charge in [0.25, 0.3) is 15.9 Å². The van der Waals surface area contributed by atoms with Crippen LogP contribution < -0.4 is 9.62 Å². The fourth-order valence-corrected chi connectivity index (χ4v) is 5.17. The zero-order valence-electron chi connectivity index (χ0n) is 19.5. The Morgan fingerprint density at radius 1 is 1.00 bits per heavy atom. The molecule has 4 rings (SSSR count). The van der Waals surface area contributed by atoms with Gasteiger partial charge in [-0.05, 0) is 55.8 Å². The van der Waals surface area contributed by atoms with Crippen molar-refractivity contribution in [2.75, 3.05) is 19.0 Å². The summed E-state index contributed by atoms with van der Waals surface area (Å²) >= 11 is 12.8. The first kappa shape index (κ1) is 25.0. The molecule has 0 spiro atoms. The average molecular weight is 532 g/mol. The number of amides is 1. The van der Waals surface area contributed by atoms with E-state index in [9.17, 15) is 13.2 Å². The molecule has 0 saturated carbocycles. The number of sulfonamides is 1. The summed E-state index contributed by atoms with van der Waals surface area (Å²) < 4.78 is 29.2. The Morgan fingerprint density at radius 2 is 1.69 bits per heavy atom. The second-order valence-corrected chi connectivity index (χ2v) is 10.8. The van der Waals surface area contributed by atoms with E-state index in [4.69, 9.17) is 23.2 Å². The summed E-state index contributed by atoms with van der Waals surface area (Å²) in [5.41, 5.74) is 3.46. The van der Waals surface area contributed by atoms with E-state index in [0.29, 0.717) is 33.6 Å². The van der Waals surface area contributed by atoms with E-state index < -0.39 is 15.9 Å². The summed E-state index contributed by atoms with van der Waals surface area (Å²) in [6, 6.07) is 12.9. The quantitative estimate of drug-likeness (QED) is 0.390. The van der Waals surface area contributed by atoms with Crippen LogP contribution in [0.4, 0.5) is 5.69 Å². The van der Waals surface area contributed by atoms with Crippen molar-refractivity contribution in [3.8, 4) is 0 Å². The molecule has 0 fully saturated rings. The fourth-order valence-electron chi connectivity index (χ4n) is 3.60. The molecule has 0 bridgehead atoms. The summed E-state index contributed by atoms with van der Waals surface area (Å²) in [7, 11) is -0.285. The minimum atomic E-state index is -4.05. The van der Waals surface area contributed by atoms with Gasteiger partial charge in [0, 0.05) is 19.1 Å². The van der Waals surface area contributed by atoms with Crippen LogP contribution in [-0.4, -0.2) is 43.0 Å². The molecule has 0 aliphatic rings. The summed E-state index contributed by atoms with van der Waals surface area (Å²) in [4.78, 5) is 23.6. The molecule has 2 aromatic carbocycles. The number of benzene rings is 2. The second-order valence-electron chi connectivity index (χ2n) is 8.32. The first-order chi connectivity index (χ1) is 16.5. The Morgan fingerprint density at radius 3 is 2.34 bits per heavy atom. The number of hydrogen-bond acceptors (Lipinski definition) is 6. The third-order valence-corrected chi connectivity index (χ3v) is 7.50. The van der Waals surface area contributed by atoms with Crippen molar-refractivity contribution < 1.29 is 13.2 Å². The van der Waals surface area contributed by atoms with Crippen molar-refractivity contribution in [2.24, 2.45) is 0 Å². The molecular formula is C24H23Cl2N5O3S. The standard InChI is InChI=1S/C24H23Cl2N5O3S/c1-14-5-7-17(8-6-14)35(33,34)29-24(32)21-10-9-20-23(28-21)31(15(2)27-20)13-16-11-22(30(3)4)19(26)12-18(16)25/h5-12H,13H2,1-4H3,(H,29,32). The van der Waals surface area contributed by atoms with Gasteiger partial charge in [-0.25, -0.2) is 23.1 Å². The van der Waals surface area contributed by atoms with Crippen molar-refractivity contribution in [1.29, 1.82) is 0 Å². The van der Waals surface area contributed by atoms with Gasteiger partial charge in [-0.3, -0.25) is 4.79 Å². The Bertz CT molecular complexity index is 1550. The van der Waals surface area contributed by atoms with Gasteiger partial charge >= 0.3 is 0 Å². The summed E-state index contributed by atoms with van der Waals surface area (Å²) in [6.45, 7) is 4.00. The predicted molar refractivity (Wildman–Crippen MR) is 138 cm³/mol. The number of carbonyl (C=O) groups excluding carboxylic acids is 1. The molecule has 1 amide bonds. The number of imidazole rings is 1. The van der Waals surface area contributed by atoms with Gasteiger partial charge in [-0.2, -0.15) is 0 Å². The highest BCUT2D eigenvalue weighted by atomic mass is 35.5. The zero-order valence-corrected chi connectivity index (χ0v) is 21.8. The van der Waals surface area contributed by atoms with Gasteiger partial charge in [-0.15, -0.1) is 0 Å². The minimum absolute atomic E-state index is 0.00695. The van der Waals surface area contributed by atoms with E-state index in [0.717, 1.165) is 16.8 Å². The Hall–Kier alpha value is -3.14. The van der Waals surface area contributed by atoms with Gasteiger partial charge in [0.05, 0.1) is 22.2 Å². The lowest BCUT2D eigenvalue weighted by Gasteiger charge is -2.17. The molecule has 0 aliphatic heterocycles. The highest BCUT2D eigenvalue weighted by molar-refractivity contribution is 7.90. The van der Waals surface area contributed by atoms with Crippen LogP contribution in [0.15, 0.2) is 53.4 Å². The molecule has 0 saturated heterocycles. The maximum absolute atomic E-state index is 12.8. The van der Waals surface area contributed by atoms with Gasteiger partial charge in [0.2, 0.25) is 0 Å². The number of nitrogens with zero attached hydrogens (tertiary/aromatic N) is 4. The number of rotatable bonds is 6. The molecule has 35 heavy (non-hydrogen) atoms. The first-order valence-corrected chi connectivity index (χ1v) is 12.8.